The molecule has 2 aromatic heterocycles. The summed E-state index contributed by atoms with van der Waals surface area (Å²) in [7, 11) is 0. The second kappa shape index (κ2) is 2.85. The number of halogens is 2. The number of imidazole rings is 1. The number of aromatic nitrogens is 3. The smallest absolute Gasteiger partial charge is 0.179 e. The van der Waals surface area contributed by atoms with E-state index in [-0.39, 0.29) is 0 Å². The van der Waals surface area contributed by atoms with Gasteiger partial charge in [-0.1, -0.05) is 0 Å². The molecule has 0 aliphatic heterocycles. The maximum absolute atomic E-state index is 4.24. The Bertz CT molecular complexity index is 396. The van der Waals surface area contributed by atoms with Crippen molar-refractivity contribution in [2.75, 3.05) is 0 Å². The highest BCUT2D eigenvalue weighted by atomic mass is 127. The molecule has 0 radical (unpaired) electrons. The van der Waals surface area contributed by atoms with E-state index in [2.05, 4.69) is 60.1 Å². The van der Waals surface area contributed by atoms with Crippen LogP contribution in [0.25, 0.3) is 11.2 Å². The first-order valence-electron chi connectivity index (χ1n) is 2.92. The standard InChI is InChI=1S/C6H3I2N3/c7-3-1-4(8)11-6-5(3)9-2-10-6/h1-2H,(H,9,10,11). The zero-order valence-corrected chi connectivity index (χ0v) is 9.62. The normalized spacial score (nSPS) is 10.7. The quantitative estimate of drug-likeness (QED) is 0.570. The zero-order chi connectivity index (χ0) is 7.84. The first kappa shape index (κ1) is 7.71. The molecule has 5 heteroatoms. The minimum atomic E-state index is 0.793. The van der Waals surface area contributed by atoms with E-state index in [0.717, 1.165) is 18.4 Å². The molecule has 0 aromatic carbocycles. The number of nitrogens with zero attached hydrogens (tertiary/aromatic N) is 2. The molecule has 0 bridgehead atoms. The maximum Gasteiger partial charge on any atom is 0.179 e. The summed E-state index contributed by atoms with van der Waals surface area (Å²) in [5, 5.41) is 0. The van der Waals surface area contributed by atoms with Crippen molar-refractivity contribution in [1.82, 2.24) is 15.0 Å². The summed E-state index contributed by atoms with van der Waals surface area (Å²) in [5.74, 6) is 0. The fourth-order valence-corrected chi connectivity index (χ4v) is 2.69. The number of hydrogen-bond acceptors (Lipinski definition) is 2. The highest BCUT2D eigenvalue weighted by molar-refractivity contribution is 14.1. The van der Waals surface area contributed by atoms with Crippen molar-refractivity contribution in [2.24, 2.45) is 0 Å². The molecule has 0 aliphatic rings. The molecule has 56 valence electrons. The van der Waals surface area contributed by atoms with Gasteiger partial charge in [-0.2, -0.15) is 0 Å². The van der Waals surface area contributed by atoms with Crippen LogP contribution in [0.2, 0.25) is 0 Å². The molecule has 1 N–H and O–H groups in total. The van der Waals surface area contributed by atoms with E-state index in [0.29, 0.717) is 0 Å². The van der Waals surface area contributed by atoms with E-state index in [1.54, 1.807) is 6.33 Å². The molecule has 0 fully saturated rings. The van der Waals surface area contributed by atoms with Crippen molar-refractivity contribution in [3.05, 3.63) is 19.7 Å². The number of fused-ring (bicyclic) bond motifs is 1. The third-order valence-electron chi connectivity index (χ3n) is 1.32. The largest absolute Gasteiger partial charge is 0.342 e. The molecule has 0 unspecified atom stereocenters. The summed E-state index contributed by atoms with van der Waals surface area (Å²) in [4.78, 5) is 11.3. The lowest BCUT2D eigenvalue weighted by Crippen LogP contribution is -1.84. The van der Waals surface area contributed by atoms with Crippen LogP contribution >= 0.6 is 45.2 Å². The van der Waals surface area contributed by atoms with Gasteiger partial charge in [0.1, 0.15) is 3.70 Å². The predicted octanol–water partition coefficient (Wildman–Crippen LogP) is 2.17. The van der Waals surface area contributed by atoms with Crippen molar-refractivity contribution < 1.29 is 0 Å². The Morgan fingerprint density at radius 3 is 3.00 bits per heavy atom. The molecule has 0 saturated heterocycles. The predicted molar refractivity (Wildman–Crippen MR) is 59.3 cm³/mol. The van der Waals surface area contributed by atoms with Gasteiger partial charge in [-0.05, 0) is 51.2 Å². The lowest BCUT2D eigenvalue weighted by atomic mass is 10.4. The lowest BCUT2D eigenvalue weighted by Gasteiger charge is -1.92. The van der Waals surface area contributed by atoms with Crippen LogP contribution in [0.15, 0.2) is 12.4 Å². The Labute approximate surface area is 90.3 Å². The van der Waals surface area contributed by atoms with Gasteiger partial charge in [0, 0.05) is 3.57 Å². The van der Waals surface area contributed by atoms with Crippen LogP contribution in [0.4, 0.5) is 0 Å². The van der Waals surface area contributed by atoms with Crippen molar-refractivity contribution in [3.8, 4) is 0 Å². The Morgan fingerprint density at radius 1 is 1.36 bits per heavy atom. The minimum Gasteiger partial charge on any atom is -0.342 e. The van der Waals surface area contributed by atoms with Crippen LogP contribution in [0, 0.1) is 7.27 Å². The van der Waals surface area contributed by atoms with Crippen molar-refractivity contribution >= 4 is 56.3 Å². The number of nitrogens with one attached hydrogen (secondary N) is 1. The second-order valence-electron chi connectivity index (χ2n) is 2.03. The molecule has 0 spiro atoms. The summed E-state index contributed by atoms with van der Waals surface area (Å²) in [6.07, 6.45) is 1.66. The molecule has 2 aromatic rings. The molecule has 0 saturated carbocycles. The van der Waals surface area contributed by atoms with Gasteiger partial charge in [-0.3, -0.25) is 0 Å². The molecule has 2 heterocycles. The van der Waals surface area contributed by atoms with E-state index in [1.165, 1.54) is 0 Å². The first-order chi connectivity index (χ1) is 5.27. The van der Waals surface area contributed by atoms with Gasteiger partial charge in [-0.15, -0.1) is 0 Å². The third-order valence-corrected chi connectivity index (χ3v) is 2.72. The molecule has 11 heavy (non-hydrogen) atoms. The van der Waals surface area contributed by atoms with Gasteiger partial charge in [0.25, 0.3) is 0 Å². The van der Waals surface area contributed by atoms with Crippen LogP contribution in [-0.4, -0.2) is 15.0 Å². The Hall–Kier alpha value is 0.0800. The summed E-state index contributed by atoms with van der Waals surface area (Å²) >= 11 is 4.45. The van der Waals surface area contributed by atoms with Crippen molar-refractivity contribution in [3.63, 3.8) is 0 Å². The Balaban J connectivity index is 2.91. The monoisotopic (exact) mass is 371 g/mol. The first-order valence-corrected chi connectivity index (χ1v) is 5.08. The number of aromatic amines is 1. The second-order valence-corrected chi connectivity index (χ2v) is 4.30. The van der Waals surface area contributed by atoms with Crippen LogP contribution in [-0.2, 0) is 0 Å². The van der Waals surface area contributed by atoms with E-state index in [9.17, 15) is 0 Å². The number of H-pyrrole nitrogens is 1. The fraction of sp³-hybridized carbons (Fsp3) is 0. The average Bonchev–Trinajstić information content (AvgIpc) is 2.34. The highest BCUT2D eigenvalue weighted by Gasteiger charge is 2.02. The molecule has 2 rings (SSSR count). The minimum absolute atomic E-state index is 0.793. The molecule has 0 aliphatic carbocycles. The summed E-state index contributed by atoms with van der Waals surface area (Å²) in [6.45, 7) is 0. The molecular weight excluding hydrogens is 368 g/mol. The number of rotatable bonds is 0. The van der Waals surface area contributed by atoms with Crippen LogP contribution in [0.5, 0.6) is 0 Å². The topological polar surface area (TPSA) is 41.6 Å². The molecule has 3 nitrogen and oxygen atoms in total. The SMILES string of the molecule is Ic1cc(I)c2[nH]cnc2n1. The average molecular weight is 371 g/mol. The molecule has 0 amide bonds. The fourth-order valence-electron chi connectivity index (χ4n) is 0.858. The van der Waals surface area contributed by atoms with E-state index >= 15 is 0 Å². The van der Waals surface area contributed by atoms with E-state index in [4.69, 9.17) is 0 Å². The molecule has 0 atom stereocenters. The lowest BCUT2D eigenvalue weighted by molar-refractivity contribution is 1.27. The third kappa shape index (κ3) is 1.35. The van der Waals surface area contributed by atoms with Crippen molar-refractivity contribution in [2.45, 2.75) is 0 Å². The van der Waals surface area contributed by atoms with Crippen molar-refractivity contribution in [1.29, 1.82) is 0 Å². The van der Waals surface area contributed by atoms with Gasteiger partial charge in [0.2, 0.25) is 0 Å². The van der Waals surface area contributed by atoms with Gasteiger partial charge in [-0.25, -0.2) is 9.97 Å². The van der Waals surface area contributed by atoms with E-state index in [1.807, 2.05) is 6.07 Å². The van der Waals surface area contributed by atoms with Crippen LogP contribution < -0.4 is 0 Å². The van der Waals surface area contributed by atoms with Crippen LogP contribution in [0.3, 0.4) is 0 Å². The maximum atomic E-state index is 4.24. The number of pyridine rings is 1. The van der Waals surface area contributed by atoms with Gasteiger partial charge in [0.05, 0.1) is 11.8 Å². The Morgan fingerprint density at radius 2 is 2.18 bits per heavy atom. The summed E-state index contributed by atoms with van der Waals surface area (Å²) in [6, 6.07) is 2.02. The number of hydrogen-bond donors (Lipinski definition) is 1. The zero-order valence-electron chi connectivity index (χ0n) is 5.31. The van der Waals surface area contributed by atoms with Gasteiger partial charge < -0.3 is 4.98 Å². The highest BCUT2D eigenvalue weighted by Crippen LogP contribution is 2.17. The summed E-state index contributed by atoms with van der Waals surface area (Å²) < 4.78 is 2.14. The summed E-state index contributed by atoms with van der Waals surface area (Å²) in [5.41, 5.74) is 1.81. The molecular formula is C6H3I2N3. The van der Waals surface area contributed by atoms with E-state index < -0.39 is 0 Å². The van der Waals surface area contributed by atoms with Crippen LogP contribution in [0.1, 0.15) is 0 Å². The van der Waals surface area contributed by atoms with Gasteiger partial charge >= 0.3 is 0 Å². The van der Waals surface area contributed by atoms with Gasteiger partial charge in [0.15, 0.2) is 5.65 Å². The Kier molecular flexibility index (Phi) is 2.00.